The molecule has 0 saturated heterocycles. The van der Waals surface area contributed by atoms with E-state index in [1.54, 1.807) is 7.05 Å². The lowest BCUT2D eigenvalue weighted by atomic mass is 10.1. The van der Waals surface area contributed by atoms with Gasteiger partial charge in [-0.2, -0.15) is 5.26 Å². The van der Waals surface area contributed by atoms with Gasteiger partial charge < -0.3 is 9.88 Å². The summed E-state index contributed by atoms with van der Waals surface area (Å²) in [4.78, 5) is 24.4. The van der Waals surface area contributed by atoms with E-state index in [9.17, 15) is 14.9 Å². The van der Waals surface area contributed by atoms with Gasteiger partial charge in [-0.05, 0) is 6.42 Å². The van der Waals surface area contributed by atoms with Gasteiger partial charge >= 0.3 is 5.69 Å². The summed E-state index contributed by atoms with van der Waals surface area (Å²) in [5.74, 6) is 2.38. The first kappa shape index (κ1) is 17.0. The van der Waals surface area contributed by atoms with Crippen LogP contribution in [0.4, 0.5) is 5.82 Å². The third kappa shape index (κ3) is 2.73. The van der Waals surface area contributed by atoms with E-state index in [1.807, 2.05) is 6.07 Å². The van der Waals surface area contributed by atoms with Gasteiger partial charge in [-0.25, -0.2) is 4.79 Å². The average Bonchev–Trinajstić information content (AvgIpc) is 3.01. The Labute approximate surface area is 144 Å². The number of hydrogen-bond donors (Lipinski definition) is 1. The van der Waals surface area contributed by atoms with Crippen LogP contribution in [0.1, 0.15) is 43.4 Å². The molecule has 9 nitrogen and oxygen atoms in total. The van der Waals surface area contributed by atoms with Crippen molar-refractivity contribution in [2.45, 2.75) is 45.2 Å². The van der Waals surface area contributed by atoms with E-state index in [0.717, 1.165) is 29.1 Å². The molecule has 0 aromatic carbocycles. The van der Waals surface area contributed by atoms with Crippen molar-refractivity contribution in [2.24, 2.45) is 14.1 Å². The minimum atomic E-state index is -0.586. The second-order valence-corrected chi connectivity index (χ2v) is 6.66. The van der Waals surface area contributed by atoms with Gasteiger partial charge in [-0.15, -0.1) is 10.2 Å². The molecule has 3 rings (SSSR count). The molecular formula is C16H21N7O2. The molecule has 0 aliphatic carbocycles. The molecular weight excluding hydrogens is 322 g/mol. The number of nitrogens with one attached hydrogen (secondary N) is 1. The highest BCUT2D eigenvalue weighted by atomic mass is 16.2. The van der Waals surface area contributed by atoms with Crippen LogP contribution in [0.2, 0.25) is 0 Å². The normalized spacial score (nSPS) is 16.6. The molecule has 132 valence electrons. The number of rotatable bonds is 3. The summed E-state index contributed by atoms with van der Waals surface area (Å²) in [6.45, 7) is 4.75. The summed E-state index contributed by atoms with van der Waals surface area (Å²) in [5, 5.41) is 21.1. The number of anilines is 1. The first-order chi connectivity index (χ1) is 11.8. The summed E-state index contributed by atoms with van der Waals surface area (Å²) >= 11 is 0. The van der Waals surface area contributed by atoms with Crippen molar-refractivity contribution < 1.29 is 0 Å². The van der Waals surface area contributed by atoms with Crippen LogP contribution in [-0.2, 0) is 27.1 Å². The first-order valence-corrected chi connectivity index (χ1v) is 8.23. The van der Waals surface area contributed by atoms with E-state index < -0.39 is 11.2 Å². The van der Waals surface area contributed by atoms with E-state index in [-0.39, 0.29) is 23.3 Å². The summed E-state index contributed by atoms with van der Waals surface area (Å²) in [6, 6.07) is 1.90. The zero-order valence-electron chi connectivity index (χ0n) is 14.8. The molecule has 1 atom stereocenters. The Morgan fingerprint density at radius 3 is 2.60 bits per heavy atom. The maximum Gasteiger partial charge on any atom is 0.332 e. The van der Waals surface area contributed by atoms with Crippen LogP contribution >= 0.6 is 0 Å². The predicted molar refractivity (Wildman–Crippen MR) is 91.5 cm³/mol. The highest BCUT2D eigenvalue weighted by Crippen LogP contribution is 2.22. The van der Waals surface area contributed by atoms with E-state index in [2.05, 4.69) is 33.9 Å². The van der Waals surface area contributed by atoms with Crippen molar-refractivity contribution in [3.05, 3.63) is 38.1 Å². The summed E-state index contributed by atoms with van der Waals surface area (Å²) in [5.41, 5.74) is -1.10. The average molecular weight is 343 g/mol. The Hall–Kier alpha value is -2.89. The van der Waals surface area contributed by atoms with Gasteiger partial charge in [0.25, 0.3) is 5.56 Å². The molecule has 3 heterocycles. The number of aryl methyl sites for hydroxylation is 1. The van der Waals surface area contributed by atoms with Crippen LogP contribution in [0.3, 0.4) is 0 Å². The van der Waals surface area contributed by atoms with Crippen LogP contribution in [-0.4, -0.2) is 29.9 Å². The number of nitriles is 1. The summed E-state index contributed by atoms with van der Waals surface area (Å²) < 4.78 is 4.33. The van der Waals surface area contributed by atoms with Gasteiger partial charge in [-0.3, -0.25) is 13.9 Å². The second kappa shape index (κ2) is 6.20. The zero-order valence-corrected chi connectivity index (χ0v) is 14.8. The molecule has 9 heteroatoms. The minimum Gasteiger partial charge on any atom is -0.366 e. The molecule has 0 amide bonds. The SMILES string of the molecule is CC(C)c1nnc2n1C[C@H](Nc1c(C#N)c(=O)n(C)c(=O)n1C)CC2. The third-order valence-electron chi connectivity index (χ3n) is 4.61. The topological polar surface area (TPSA) is 111 Å². The van der Waals surface area contributed by atoms with Crippen molar-refractivity contribution in [1.29, 1.82) is 5.26 Å². The molecule has 2 aromatic rings. The van der Waals surface area contributed by atoms with Crippen molar-refractivity contribution in [3.63, 3.8) is 0 Å². The maximum atomic E-state index is 12.2. The number of nitrogens with zero attached hydrogens (tertiary/aromatic N) is 6. The van der Waals surface area contributed by atoms with Gasteiger partial charge in [-0.1, -0.05) is 13.8 Å². The molecule has 1 aliphatic heterocycles. The molecule has 0 spiro atoms. The van der Waals surface area contributed by atoms with Crippen molar-refractivity contribution >= 4 is 5.82 Å². The third-order valence-corrected chi connectivity index (χ3v) is 4.61. The summed E-state index contributed by atoms with van der Waals surface area (Å²) in [6.07, 6.45) is 1.53. The van der Waals surface area contributed by atoms with Crippen LogP contribution in [0, 0.1) is 11.3 Å². The molecule has 0 radical (unpaired) electrons. The Morgan fingerprint density at radius 2 is 1.96 bits per heavy atom. The van der Waals surface area contributed by atoms with Crippen molar-refractivity contribution in [1.82, 2.24) is 23.9 Å². The lowest BCUT2D eigenvalue weighted by Crippen LogP contribution is -2.42. The van der Waals surface area contributed by atoms with Crippen LogP contribution in [0.15, 0.2) is 9.59 Å². The first-order valence-electron chi connectivity index (χ1n) is 8.23. The molecule has 1 aliphatic rings. The molecule has 1 N–H and O–H groups in total. The van der Waals surface area contributed by atoms with Gasteiger partial charge in [0.15, 0.2) is 5.56 Å². The highest BCUT2D eigenvalue weighted by Gasteiger charge is 2.26. The van der Waals surface area contributed by atoms with Crippen molar-refractivity contribution in [2.75, 3.05) is 5.32 Å². The molecule has 25 heavy (non-hydrogen) atoms. The van der Waals surface area contributed by atoms with E-state index in [4.69, 9.17) is 0 Å². The Bertz CT molecular complexity index is 974. The maximum absolute atomic E-state index is 12.2. The fourth-order valence-corrected chi connectivity index (χ4v) is 3.20. The van der Waals surface area contributed by atoms with Crippen LogP contribution in [0.25, 0.3) is 0 Å². The molecule has 0 saturated carbocycles. The molecule has 0 fully saturated rings. The number of hydrogen-bond acceptors (Lipinski definition) is 6. The van der Waals surface area contributed by atoms with Crippen molar-refractivity contribution in [3.8, 4) is 6.07 Å². The van der Waals surface area contributed by atoms with Crippen LogP contribution < -0.4 is 16.6 Å². The quantitative estimate of drug-likeness (QED) is 0.846. The van der Waals surface area contributed by atoms with E-state index in [0.29, 0.717) is 6.54 Å². The fraction of sp³-hybridized carbons (Fsp3) is 0.562. The van der Waals surface area contributed by atoms with Gasteiger partial charge in [0.2, 0.25) is 0 Å². The Balaban J connectivity index is 1.97. The fourth-order valence-electron chi connectivity index (χ4n) is 3.20. The molecule has 0 bridgehead atoms. The predicted octanol–water partition coefficient (Wildman–Crippen LogP) is 0.0975. The second-order valence-electron chi connectivity index (χ2n) is 6.66. The molecule has 0 unspecified atom stereocenters. The Morgan fingerprint density at radius 1 is 1.24 bits per heavy atom. The van der Waals surface area contributed by atoms with Crippen LogP contribution in [0.5, 0.6) is 0 Å². The van der Waals surface area contributed by atoms with E-state index in [1.165, 1.54) is 11.6 Å². The van der Waals surface area contributed by atoms with E-state index >= 15 is 0 Å². The monoisotopic (exact) mass is 343 g/mol. The number of fused-ring (bicyclic) bond motifs is 1. The summed E-state index contributed by atoms with van der Waals surface area (Å²) in [7, 11) is 2.92. The number of aromatic nitrogens is 5. The zero-order chi connectivity index (χ0) is 18.3. The lowest BCUT2D eigenvalue weighted by molar-refractivity contribution is 0.456. The Kier molecular flexibility index (Phi) is 4.20. The largest absolute Gasteiger partial charge is 0.366 e. The molecule has 2 aromatic heterocycles. The van der Waals surface area contributed by atoms with Gasteiger partial charge in [0.05, 0.1) is 0 Å². The minimum absolute atomic E-state index is 0.0224. The van der Waals surface area contributed by atoms with Gasteiger partial charge in [0.1, 0.15) is 23.5 Å². The standard InChI is InChI=1S/C16H21N7O2/c1-9(2)13-20-19-12-6-5-10(8-23(12)13)18-14-11(7-17)15(24)22(4)16(25)21(14)3/h9-10,18H,5-6,8H2,1-4H3/t10-/m1/s1. The van der Waals surface area contributed by atoms with Gasteiger partial charge in [0, 0.05) is 39.0 Å². The lowest BCUT2D eigenvalue weighted by Gasteiger charge is -2.27. The smallest absolute Gasteiger partial charge is 0.332 e. The highest BCUT2D eigenvalue weighted by molar-refractivity contribution is 5.51.